The van der Waals surface area contributed by atoms with Crippen molar-refractivity contribution >= 4 is 11.7 Å². The van der Waals surface area contributed by atoms with Gasteiger partial charge in [0.1, 0.15) is 0 Å². The predicted octanol–water partition coefficient (Wildman–Crippen LogP) is 2.33. The molecule has 0 bridgehead atoms. The molecule has 6 heteroatoms. The van der Waals surface area contributed by atoms with Crippen molar-refractivity contribution in [2.45, 2.75) is 32.5 Å². The summed E-state index contributed by atoms with van der Waals surface area (Å²) in [6.45, 7) is 7.46. The van der Waals surface area contributed by atoms with Crippen LogP contribution < -0.4 is 5.32 Å². The van der Waals surface area contributed by atoms with Gasteiger partial charge in [-0.2, -0.15) is 5.26 Å². The third-order valence-corrected chi connectivity index (χ3v) is 4.08. The van der Waals surface area contributed by atoms with E-state index in [1.807, 2.05) is 24.3 Å². The van der Waals surface area contributed by atoms with E-state index in [0.29, 0.717) is 13.0 Å². The Balaban J connectivity index is 1.78. The van der Waals surface area contributed by atoms with E-state index in [1.54, 1.807) is 11.9 Å². The summed E-state index contributed by atoms with van der Waals surface area (Å²) in [7, 11) is 1.80. The Morgan fingerprint density at radius 1 is 1.33 bits per heavy atom. The summed E-state index contributed by atoms with van der Waals surface area (Å²) in [4.78, 5) is 16.3. The molecule has 1 aromatic rings. The molecule has 2 atom stereocenters. The van der Waals surface area contributed by atoms with Crippen LogP contribution in [-0.4, -0.2) is 61.3 Å². The number of hydrogen-bond donors (Lipinski definition) is 1. The number of morpholine rings is 1. The molecule has 0 aromatic heterocycles. The van der Waals surface area contributed by atoms with Crippen molar-refractivity contribution in [3.05, 3.63) is 29.8 Å². The van der Waals surface area contributed by atoms with E-state index in [2.05, 4.69) is 30.1 Å². The fourth-order valence-electron chi connectivity index (χ4n) is 2.88. The zero-order chi connectivity index (χ0) is 17.5. The van der Waals surface area contributed by atoms with Crippen molar-refractivity contribution in [2.75, 3.05) is 38.5 Å². The number of ether oxygens (including phenoxy) is 1. The van der Waals surface area contributed by atoms with Crippen molar-refractivity contribution in [1.29, 1.82) is 5.26 Å². The van der Waals surface area contributed by atoms with Crippen molar-refractivity contribution in [2.24, 2.45) is 0 Å². The molecule has 1 heterocycles. The maximum atomic E-state index is 12.2. The zero-order valence-corrected chi connectivity index (χ0v) is 14.7. The molecule has 1 saturated heterocycles. The van der Waals surface area contributed by atoms with Crippen LogP contribution in [-0.2, 0) is 11.2 Å². The van der Waals surface area contributed by atoms with Gasteiger partial charge in [0.15, 0.2) is 0 Å². The monoisotopic (exact) mass is 330 g/mol. The first-order valence-electron chi connectivity index (χ1n) is 8.33. The van der Waals surface area contributed by atoms with Gasteiger partial charge in [-0.15, -0.1) is 0 Å². The summed E-state index contributed by atoms with van der Waals surface area (Å²) >= 11 is 0. The van der Waals surface area contributed by atoms with Gasteiger partial charge in [-0.3, -0.25) is 4.90 Å². The number of amides is 2. The van der Waals surface area contributed by atoms with Gasteiger partial charge in [-0.05, 0) is 31.5 Å². The molecule has 1 aliphatic rings. The molecule has 1 fully saturated rings. The van der Waals surface area contributed by atoms with Gasteiger partial charge in [0.2, 0.25) is 0 Å². The lowest BCUT2D eigenvalue weighted by Crippen LogP contribution is -2.48. The number of likely N-dealkylation sites (N-methyl/N-ethyl adjacent to an activating group) is 1. The molecular weight excluding hydrogens is 304 g/mol. The van der Waals surface area contributed by atoms with Gasteiger partial charge < -0.3 is 15.0 Å². The number of nitrogens with one attached hydrogen (secondary N) is 1. The SMILES string of the molecule is C[C@@H]1CN(CCN(C)C(=O)Nc2ccc(CC#N)cc2)C[C@H](C)O1. The minimum absolute atomic E-state index is 0.127. The lowest BCUT2D eigenvalue weighted by molar-refractivity contribution is -0.0684. The van der Waals surface area contributed by atoms with Crippen LogP contribution in [0, 0.1) is 11.3 Å². The molecule has 2 rings (SSSR count). The number of hydrogen-bond acceptors (Lipinski definition) is 4. The number of benzene rings is 1. The summed E-state index contributed by atoms with van der Waals surface area (Å²) in [5, 5.41) is 11.5. The second-order valence-corrected chi connectivity index (χ2v) is 6.40. The fraction of sp³-hybridized carbons (Fsp3) is 0.556. The van der Waals surface area contributed by atoms with Crippen LogP contribution in [0.2, 0.25) is 0 Å². The van der Waals surface area contributed by atoms with Crippen LogP contribution in [0.5, 0.6) is 0 Å². The normalized spacial score (nSPS) is 21.1. The maximum Gasteiger partial charge on any atom is 0.321 e. The first-order chi connectivity index (χ1) is 11.5. The molecule has 0 radical (unpaired) electrons. The Kier molecular flexibility index (Phi) is 6.59. The van der Waals surface area contributed by atoms with Crippen LogP contribution in [0.3, 0.4) is 0 Å². The second-order valence-electron chi connectivity index (χ2n) is 6.40. The van der Waals surface area contributed by atoms with Crippen LogP contribution in [0.15, 0.2) is 24.3 Å². The van der Waals surface area contributed by atoms with Gasteiger partial charge in [0, 0.05) is 38.9 Å². The molecule has 130 valence electrons. The Morgan fingerprint density at radius 3 is 2.54 bits per heavy atom. The van der Waals surface area contributed by atoms with E-state index in [9.17, 15) is 4.79 Å². The highest BCUT2D eigenvalue weighted by Gasteiger charge is 2.22. The number of rotatable bonds is 5. The lowest BCUT2D eigenvalue weighted by atomic mass is 10.1. The maximum absolute atomic E-state index is 12.2. The van der Waals surface area contributed by atoms with E-state index in [4.69, 9.17) is 10.00 Å². The molecule has 0 unspecified atom stereocenters. The molecule has 0 aliphatic carbocycles. The Morgan fingerprint density at radius 2 is 1.96 bits per heavy atom. The standard InChI is InChI=1S/C18H26N4O2/c1-14-12-22(13-15(2)24-14)11-10-21(3)18(23)20-17-6-4-16(5-7-17)8-9-19/h4-7,14-15H,8,10-13H2,1-3H3,(H,20,23)/t14-,15+. The van der Waals surface area contributed by atoms with Crippen molar-refractivity contribution in [1.82, 2.24) is 9.80 Å². The van der Waals surface area contributed by atoms with Gasteiger partial charge in [0.05, 0.1) is 24.7 Å². The summed E-state index contributed by atoms with van der Waals surface area (Å²) in [6, 6.07) is 9.34. The molecular formula is C18H26N4O2. The predicted molar refractivity (Wildman–Crippen MR) is 93.9 cm³/mol. The van der Waals surface area contributed by atoms with Gasteiger partial charge in [0.25, 0.3) is 0 Å². The van der Waals surface area contributed by atoms with Crippen LogP contribution in [0.4, 0.5) is 10.5 Å². The third kappa shape index (κ3) is 5.52. The first kappa shape index (κ1) is 18.2. The lowest BCUT2D eigenvalue weighted by Gasteiger charge is -2.36. The number of urea groups is 1. The molecule has 24 heavy (non-hydrogen) atoms. The van der Waals surface area contributed by atoms with Crippen molar-refractivity contribution < 1.29 is 9.53 Å². The highest BCUT2D eigenvalue weighted by Crippen LogP contribution is 2.12. The van der Waals surface area contributed by atoms with Crippen molar-refractivity contribution in [3.63, 3.8) is 0 Å². The Hall–Kier alpha value is -2.10. The van der Waals surface area contributed by atoms with Crippen LogP contribution >= 0.6 is 0 Å². The highest BCUT2D eigenvalue weighted by molar-refractivity contribution is 5.89. The molecule has 0 spiro atoms. The number of anilines is 1. The first-order valence-corrected chi connectivity index (χ1v) is 8.33. The average molecular weight is 330 g/mol. The molecule has 1 N–H and O–H groups in total. The van der Waals surface area contributed by atoms with E-state index in [0.717, 1.165) is 30.9 Å². The summed E-state index contributed by atoms with van der Waals surface area (Å²) in [5.74, 6) is 0. The average Bonchev–Trinajstić information content (AvgIpc) is 2.54. The Bertz CT molecular complexity index is 572. The van der Waals surface area contributed by atoms with E-state index >= 15 is 0 Å². The molecule has 2 amide bonds. The van der Waals surface area contributed by atoms with Gasteiger partial charge >= 0.3 is 6.03 Å². The third-order valence-electron chi connectivity index (χ3n) is 4.08. The van der Waals surface area contributed by atoms with Crippen molar-refractivity contribution in [3.8, 4) is 6.07 Å². The highest BCUT2D eigenvalue weighted by atomic mass is 16.5. The summed E-state index contributed by atoms with van der Waals surface area (Å²) in [5.41, 5.74) is 1.68. The molecule has 0 saturated carbocycles. The molecule has 1 aromatic carbocycles. The van der Waals surface area contributed by atoms with E-state index in [-0.39, 0.29) is 18.2 Å². The summed E-state index contributed by atoms with van der Waals surface area (Å²) in [6.07, 6.45) is 0.851. The van der Waals surface area contributed by atoms with Gasteiger partial charge in [-0.1, -0.05) is 12.1 Å². The van der Waals surface area contributed by atoms with E-state index in [1.165, 1.54) is 0 Å². The second kappa shape index (κ2) is 8.67. The van der Waals surface area contributed by atoms with Crippen LogP contribution in [0.25, 0.3) is 0 Å². The van der Waals surface area contributed by atoms with Gasteiger partial charge in [-0.25, -0.2) is 4.79 Å². The minimum atomic E-state index is -0.127. The van der Waals surface area contributed by atoms with Crippen LogP contribution in [0.1, 0.15) is 19.4 Å². The summed E-state index contributed by atoms with van der Waals surface area (Å²) < 4.78 is 5.72. The number of carbonyl (C=O) groups excluding carboxylic acids is 1. The van der Waals surface area contributed by atoms with E-state index < -0.39 is 0 Å². The topological polar surface area (TPSA) is 68.6 Å². The number of nitriles is 1. The minimum Gasteiger partial charge on any atom is -0.373 e. The largest absolute Gasteiger partial charge is 0.373 e. The zero-order valence-electron chi connectivity index (χ0n) is 14.7. The number of nitrogens with zero attached hydrogens (tertiary/aromatic N) is 3. The smallest absolute Gasteiger partial charge is 0.321 e. The molecule has 6 nitrogen and oxygen atoms in total. The molecule has 1 aliphatic heterocycles. The number of carbonyl (C=O) groups is 1. The quantitative estimate of drug-likeness (QED) is 0.899. The Labute approximate surface area is 144 Å². The fourth-order valence-corrected chi connectivity index (χ4v) is 2.88.